The smallest absolute Gasteiger partial charge is 0.135 e. The number of hydrogen-bond acceptors (Lipinski definition) is 2. The Labute approximate surface area is 104 Å². The molecule has 0 fully saturated rings. The quantitative estimate of drug-likeness (QED) is 0.743. The van der Waals surface area contributed by atoms with Crippen molar-refractivity contribution < 1.29 is 8.81 Å². The van der Waals surface area contributed by atoms with Gasteiger partial charge in [-0.3, -0.25) is 0 Å². The van der Waals surface area contributed by atoms with Crippen LogP contribution in [-0.2, 0) is 6.54 Å². The molecule has 0 unspecified atom stereocenters. The summed E-state index contributed by atoms with van der Waals surface area (Å²) in [5.74, 6) is 0.437. The van der Waals surface area contributed by atoms with Gasteiger partial charge in [-0.2, -0.15) is 0 Å². The fourth-order valence-electron chi connectivity index (χ4n) is 2.09. The predicted molar refractivity (Wildman–Crippen MR) is 69.5 cm³/mol. The second-order valence-electron chi connectivity index (χ2n) is 4.15. The zero-order valence-corrected chi connectivity index (χ0v) is 9.69. The summed E-state index contributed by atoms with van der Waals surface area (Å²) in [4.78, 5) is 0. The Bertz CT molecular complexity index is 670. The summed E-state index contributed by atoms with van der Waals surface area (Å²) < 4.78 is 18.9. The number of nitrogens with two attached hydrogens (primary N) is 1. The molecule has 0 saturated carbocycles. The molecule has 1 aromatic heterocycles. The molecule has 0 aliphatic carbocycles. The van der Waals surface area contributed by atoms with Gasteiger partial charge >= 0.3 is 0 Å². The highest BCUT2D eigenvalue weighted by molar-refractivity contribution is 5.83. The van der Waals surface area contributed by atoms with Crippen molar-refractivity contribution in [1.29, 1.82) is 0 Å². The highest BCUT2D eigenvalue weighted by Crippen LogP contribution is 2.30. The Hall–Kier alpha value is -2.13. The molecule has 0 atom stereocenters. The molecule has 3 aromatic rings. The second kappa shape index (κ2) is 4.27. The Balaban J connectivity index is 2.19. The number of rotatable bonds is 2. The van der Waals surface area contributed by atoms with Crippen LogP contribution in [0.5, 0.6) is 0 Å². The van der Waals surface area contributed by atoms with Crippen molar-refractivity contribution in [1.82, 2.24) is 0 Å². The van der Waals surface area contributed by atoms with E-state index in [1.807, 2.05) is 30.3 Å². The third-order valence-corrected chi connectivity index (χ3v) is 2.98. The SMILES string of the molecule is NCc1cc(F)ccc1-c1cc2ccccc2o1. The summed E-state index contributed by atoms with van der Waals surface area (Å²) in [6.07, 6.45) is 0. The molecule has 0 aliphatic heterocycles. The van der Waals surface area contributed by atoms with E-state index < -0.39 is 0 Å². The molecular formula is C15H12FNO. The molecule has 18 heavy (non-hydrogen) atoms. The molecule has 3 heteroatoms. The zero-order chi connectivity index (χ0) is 12.5. The number of fused-ring (bicyclic) bond motifs is 1. The lowest BCUT2D eigenvalue weighted by atomic mass is 10.0. The van der Waals surface area contributed by atoms with Crippen LogP contribution >= 0.6 is 0 Å². The molecule has 0 bridgehead atoms. The maximum absolute atomic E-state index is 13.2. The lowest BCUT2D eigenvalue weighted by molar-refractivity contribution is 0.620. The van der Waals surface area contributed by atoms with E-state index in [0.717, 1.165) is 27.9 Å². The minimum atomic E-state index is -0.282. The van der Waals surface area contributed by atoms with E-state index in [1.165, 1.54) is 12.1 Å². The van der Waals surface area contributed by atoms with Gasteiger partial charge in [0, 0.05) is 17.5 Å². The number of halogens is 1. The standard InChI is InChI=1S/C15H12FNO/c16-12-5-6-13(11(7-12)9-17)15-8-10-3-1-2-4-14(10)18-15/h1-8H,9,17H2. The van der Waals surface area contributed by atoms with E-state index in [4.69, 9.17) is 10.2 Å². The van der Waals surface area contributed by atoms with Gasteiger partial charge in [0.1, 0.15) is 17.2 Å². The average molecular weight is 241 g/mol. The molecule has 2 nitrogen and oxygen atoms in total. The Morgan fingerprint density at radius 3 is 2.67 bits per heavy atom. The molecule has 2 aromatic carbocycles. The third kappa shape index (κ3) is 1.79. The van der Waals surface area contributed by atoms with E-state index in [-0.39, 0.29) is 12.4 Å². The minimum absolute atomic E-state index is 0.282. The molecule has 0 spiro atoms. The van der Waals surface area contributed by atoms with Crippen LogP contribution in [0.1, 0.15) is 5.56 Å². The van der Waals surface area contributed by atoms with Crippen LogP contribution in [0.2, 0.25) is 0 Å². The largest absolute Gasteiger partial charge is 0.456 e. The van der Waals surface area contributed by atoms with Gasteiger partial charge in [-0.1, -0.05) is 18.2 Å². The van der Waals surface area contributed by atoms with Crippen molar-refractivity contribution in [3.63, 3.8) is 0 Å². The molecule has 0 saturated heterocycles. The Morgan fingerprint density at radius 2 is 1.89 bits per heavy atom. The summed E-state index contributed by atoms with van der Waals surface area (Å²) in [6, 6.07) is 14.3. The summed E-state index contributed by atoms with van der Waals surface area (Å²) in [6.45, 7) is 0.282. The first-order valence-corrected chi connectivity index (χ1v) is 5.75. The fraction of sp³-hybridized carbons (Fsp3) is 0.0667. The number of para-hydroxylation sites is 1. The van der Waals surface area contributed by atoms with Gasteiger partial charge in [-0.25, -0.2) is 4.39 Å². The third-order valence-electron chi connectivity index (χ3n) is 2.98. The Kier molecular flexibility index (Phi) is 2.61. The van der Waals surface area contributed by atoms with Crippen LogP contribution in [0.15, 0.2) is 52.9 Å². The van der Waals surface area contributed by atoms with Crippen LogP contribution in [0, 0.1) is 5.82 Å². The Morgan fingerprint density at radius 1 is 1.06 bits per heavy atom. The maximum Gasteiger partial charge on any atom is 0.135 e. The van der Waals surface area contributed by atoms with Crippen molar-refractivity contribution in [2.75, 3.05) is 0 Å². The van der Waals surface area contributed by atoms with Crippen LogP contribution < -0.4 is 5.73 Å². The normalized spacial score (nSPS) is 11.0. The zero-order valence-electron chi connectivity index (χ0n) is 9.69. The van der Waals surface area contributed by atoms with Gasteiger partial charge in [0.25, 0.3) is 0 Å². The minimum Gasteiger partial charge on any atom is -0.456 e. The van der Waals surface area contributed by atoms with Crippen molar-refractivity contribution in [2.45, 2.75) is 6.54 Å². The summed E-state index contributed by atoms with van der Waals surface area (Å²) >= 11 is 0. The average Bonchev–Trinajstić information content (AvgIpc) is 2.82. The number of hydrogen-bond donors (Lipinski definition) is 1. The highest BCUT2D eigenvalue weighted by Gasteiger charge is 2.10. The van der Waals surface area contributed by atoms with E-state index in [2.05, 4.69) is 0 Å². The fourth-order valence-corrected chi connectivity index (χ4v) is 2.09. The topological polar surface area (TPSA) is 39.2 Å². The molecule has 90 valence electrons. The lowest BCUT2D eigenvalue weighted by Gasteiger charge is -2.04. The maximum atomic E-state index is 13.2. The van der Waals surface area contributed by atoms with E-state index in [1.54, 1.807) is 6.07 Å². The van der Waals surface area contributed by atoms with Crippen molar-refractivity contribution in [2.24, 2.45) is 5.73 Å². The second-order valence-corrected chi connectivity index (χ2v) is 4.15. The lowest BCUT2D eigenvalue weighted by Crippen LogP contribution is -1.99. The van der Waals surface area contributed by atoms with Crippen molar-refractivity contribution >= 4 is 11.0 Å². The van der Waals surface area contributed by atoms with Crippen molar-refractivity contribution in [3.8, 4) is 11.3 Å². The van der Waals surface area contributed by atoms with Gasteiger partial charge in [0.2, 0.25) is 0 Å². The van der Waals surface area contributed by atoms with E-state index in [9.17, 15) is 4.39 Å². The number of benzene rings is 2. The van der Waals surface area contributed by atoms with Gasteiger partial charge in [-0.05, 0) is 35.9 Å². The van der Waals surface area contributed by atoms with E-state index >= 15 is 0 Å². The molecule has 0 amide bonds. The highest BCUT2D eigenvalue weighted by atomic mass is 19.1. The molecule has 1 heterocycles. The van der Waals surface area contributed by atoms with Crippen LogP contribution in [-0.4, -0.2) is 0 Å². The molecule has 0 aliphatic rings. The van der Waals surface area contributed by atoms with Crippen LogP contribution in [0.3, 0.4) is 0 Å². The van der Waals surface area contributed by atoms with E-state index in [0.29, 0.717) is 0 Å². The first kappa shape index (κ1) is 11.0. The molecule has 2 N–H and O–H groups in total. The van der Waals surface area contributed by atoms with Gasteiger partial charge in [-0.15, -0.1) is 0 Å². The predicted octanol–water partition coefficient (Wildman–Crippen LogP) is 3.70. The van der Waals surface area contributed by atoms with Crippen LogP contribution in [0.25, 0.3) is 22.3 Å². The van der Waals surface area contributed by atoms with Gasteiger partial charge < -0.3 is 10.2 Å². The summed E-state index contributed by atoms with van der Waals surface area (Å²) in [5, 5.41) is 1.03. The first-order chi connectivity index (χ1) is 8.78. The van der Waals surface area contributed by atoms with Crippen molar-refractivity contribution in [3.05, 3.63) is 59.9 Å². The molecule has 0 radical (unpaired) electrons. The number of furan rings is 1. The summed E-state index contributed by atoms with van der Waals surface area (Å²) in [7, 11) is 0. The molecular weight excluding hydrogens is 229 g/mol. The van der Waals surface area contributed by atoms with Gasteiger partial charge in [0.05, 0.1) is 0 Å². The van der Waals surface area contributed by atoms with Gasteiger partial charge in [0.15, 0.2) is 0 Å². The molecule has 3 rings (SSSR count). The summed E-state index contributed by atoms with van der Waals surface area (Å²) in [5.41, 5.74) is 8.05. The van der Waals surface area contributed by atoms with Crippen LogP contribution in [0.4, 0.5) is 4.39 Å². The monoisotopic (exact) mass is 241 g/mol. The first-order valence-electron chi connectivity index (χ1n) is 5.75.